The van der Waals surface area contributed by atoms with Crippen LogP contribution in [0.1, 0.15) is 39.0 Å². The van der Waals surface area contributed by atoms with Crippen LogP contribution in [0.2, 0.25) is 0 Å². The summed E-state index contributed by atoms with van der Waals surface area (Å²) >= 11 is 0. The Kier molecular flexibility index (Phi) is 5.21. The minimum atomic E-state index is -1.05. The highest BCUT2D eigenvalue weighted by atomic mass is 16.4. The van der Waals surface area contributed by atoms with E-state index in [2.05, 4.69) is 10.6 Å². The predicted molar refractivity (Wildman–Crippen MR) is 61.6 cm³/mol. The maximum absolute atomic E-state index is 11.5. The van der Waals surface area contributed by atoms with E-state index in [1.54, 1.807) is 6.92 Å². The van der Waals surface area contributed by atoms with Crippen molar-refractivity contribution in [2.24, 2.45) is 0 Å². The molecule has 0 saturated heterocycles. The van der Waals surface area contributed by atoms with Crippen molar-refractivity contribution >= 4 is 12.0 Å². The molecule has 0 aliphatic heterocycles. The zero-order valence-corrected chi connectivity index (χ0v) is 9.98. The Morgan fingerprint density at radius 1 is 1.35 bits per heavy atom. The van der Waals surface area contributed by atoms with Crippen molar-refractivity contribution in [3.63, 3.8) is 0 Å². The standard InChI is InChI=1S/C11H20N2O4/c1-2-7(10(15)16)12-11(17)13-8-5-3-4-6-9(8)14/h7-9,14H,2-6H2,1H3,(H,15,16)(H2,12,13,17)/t7-,8?,9?/m1/s1. The van der Waals surface area contributed by atoms with Crippen LogP contribution in [-0.4, -0.2) is 40.4 Å². The Morgan fingerprint density at radius 2 is 2.00 bits per heavy atom. The third-order valence-corrected chi connectivity index (χ3v) is 3.06. The fraction of sp³-hybridized carbons (Fsp3) is 0.818. The molecule has 98 valence electrons. The van der Waals surface area contributed by atoms with Crippen molar-refractivity contribution in [1.29, 1.82) is 0 Å². The molecule has 2 unspecified atom stereocenters. The number of carboxylic acid groups (broad SMARTS) is 1. The third kappa shape index (κ3) is 4.22. The van der Waals surface area contributed by atoms with Gasteiger partial charge in [0.1, 0.15) is 6.04 Å². The van der Waals surface area contributed by atoms with Crippen molar-refractivity contribution in [1.82, 2.24) is 10.6 Å². The number of aliphatic hydroxyl groups excluding tert-OH is 1. The van der Waals surface area contributed by atoms with Crippen LogP contribution in [0.15, 0.2) is 0 Å². The van der Waals surface area contributed by atoms with E-state index in [4.69, 9.17) is 5.11 Å². The minimum absolute atomic E-state index is 0.268. The highest BCUT2D eigenvalue weighted by Gasteiger charge is 2.26. The molecular weight excluding hydrogens is 224 g/mol. The molecule has 6 heteroatoms. The van der Waals surface area contributed by atoms with E-state index >= 15 is 0 Å². The predicted octanol–water partition coefficient (Wildman–Crippen LogP) is 0.452. The second-order valence-electron chi connectivity index (χ2n) is 4.38. The number of amides is 2. The summed E-state index contributed by atoms with van der Waals surface area (Å²) in [5.74, 6) is -1.05. The summed E-state index contributed by atoms with van der Waals surface area (Å²) < 4.78 is 0. The third-order valence-electron chi connectivity index (χ3n) is 3.06. The number of nitrogens with one attached hydrogen (secondary N) is 2. The average molecular weight is 244 g/mol. The molecule has 0 aromatic heterocycles. The Hall–Kier alpha value is -1.30. The fourth-order valence-corrected chi connectivity index (χ4v) is 1.99. The number of hydrogen-bond acceptors (Lipinski definition) is 3. The Morgan fingerprint density at radius 3 is 2.53 bits per heavy atom. The second kappa shape index (κ2) is 6.44. The van der Waals surface area contributed by atoms with E-state index in [0.29, 0.717) is 12.8 Å². The number of rotatable bonds is 4. The zero-order chi connectivity index (χ0) is 12.8. The molecule has 1 fully saturated rings. The summed E-state index contributed by atoms with van der Waals surface area (Å²) in [5, 5.41) is 23.4. The highest BCUT2D eigenvalue weighted by Crippen LogP contribution is 2.18. The largest absolute Gasteiger partial charge is 0.480 e. The lowest BCUT2D eigenvalue weighted by Gasteiger charge is -2.28. The molecule has 4 N–H and O–H groups in total. The molecule has 2 amide bonds. The van der Waals surface area contributed by atoms with Gasteiger partial charge in [0.2, 0.25) is 0 Å². The monoisotopic (exact) mass is 244 g/mol. The number of urea groups is 1. The molecule has 0 heterocycles. The Labute approximate surface area is 100 Å². The first kappa shape index (κ1) is 13.8. The van der Waals surface area contributed by atoms with Gasteiger partial charge in [0.25, 0.3) is 0 Å². The van der Waals surface area contributed by atoms with Gasteiger partial charge in [0, 0.05) is 0 Å². The number of carboxylic acids is 1. The summed E-state index contributed by atoms with van der Waals surface area (Å²) in [5.41, 5.74) is 0. The molecule has 1 rings (SSSR count). The van der Waals surface area contributed by atoms with Crippen molar-refractivity contribution in [3.05, 3.63) is 0 Å². The van der Waals surface area contributed by atoms with Crippen LogP contribution in [0.4, 0.5) is 4.79 Å². The molecule has 0 radical (unpaired) electrons. The number of aliphatic hydroxyl groups is 1. The van der Waals surface area contributed by atoms with Gasteiger partial charge in [-0.2, -0.15) is 0 Å². The number of aliphatic carboxylic acids is 1. The summed E-state index contributed by atoms with van der Waals surface area (Å²) in [4.78, 5) is 22.3. The number of hydrogen-bond donors (Lipinski definition) is 4. The van der Waals surface area contributed by atoms with Gasteiger partial charge < -0.3 is 20.8 Å². The van der Waals surface area contributed by atoms with Gasteiger partial charge in [0.15, 0.2) is 0 Å². The summed E-state index contributed by atoms with van der Waals surface area (Å²) in [6, 6.07) is -1.67. The van der Waals surface area contributed by atoms with Gasteiger partial charge in [-0.15, -0.1) is 0 Å². The van der Waals surface area contributed by atoms with Gasteiger partial charge in [-0.05, 0) is 19.3 Å². The maximum Gasteiger partial charge on any atom is 0.326 e. The molecule has 6 nitrogen and oxygen atoms in total. The zero-order valence-electron chi connectivity index (χ0n) is 9.98. The molecule has 1 saturated carbocycles. The maximum atomic E-state index is 11.5. The lowest BCUT2D eigenvalue weighted by molar-refractivity contribution is -0.139. The normalized spacial score (nSPS) is 26.0. The Bertz CT molecular complexity index is 283. The van der Waals surface area contributed by atoms with Crippen LogP contribution < -0.4 is 10.6 Å². The lowest BCUT2D eigenvalue weighted by atomic mass is 9.93. The SMILES string of the molecule is CC[C@@H](NC(=O)NC1CCCCC1O)C(=O)O. The van der Waals surface area contributed by atoms with E-state index in [0.717, 1.165) is 19.3 Å². The van der Waals surface area contributed by atoms with E-state index in [-0.39, 0.29) is 6.04 Å². The smallest absolute Gasteiger partial charge is 0.326 e. The fourth-order valence-electron chi connectivity index (χ4n) is 1.99. The molecule has 0 aromatic rings. The molecule has 0 aromatic carbocycles. The highest BCUT2D eigenvalue weighted by molar-refractivity contribution is 5.82. The minimum Gasteiger partial charge on any atom is -0.480 e. The van der Waals surface area contributed by atoms with E-state index < -0.39 is 24.1 Å². The first-order chi connectivity index (χ1) is 8.04. The van der Waals surface area contributed by atoms with Gasteiger partial charge >= 0.3 is 12.0 Å². The average Bonchev–Trinajstić information content (AvgIpc) is 2.28. The van der Waals surface area contributed by atoms with Gasteiger partial charge in [0.05, 0.1) is 12.1 Å². The van der Waals surface area contributed by atoms with Crippen molar-refractivity contribution in [3.8, 4) is 0 Å². The molecule has 0 bridgehead atoms. The molecular formula is C11H20N2O4. The number of carbonyl (C=O) groups is 2. The molecule has 17 heavy (non-hydrogen) atoms. The summed E-state index contributed by atoms with van der Waals surface area (Å²) in [6.07, 6.45) is 3.15. The van der Waals surface area contributed by atoms with Crippen LogP contribution in [0.3, 0.4) is 0 Å². The second-order valence-corrected chi connectivity index (χ2v) is 4.38. The van der Waals surface area contributed by atoms with Crippen molar-refractivity contribution in [2.45, 2.75) is 57.2 Å². The topological polar surface area (TPSA) is 98.7 Å². The van der Waals surface area contributed by atoms with Crippen molar-refractivity contribution < 1.29 is 19.8 Å². The molecule has 1 aliphatic rings. The molecule has 1 aliphatic carbocycles. The van der Waals surface area contributed by atoms with Gasteiger partial charge in [-0.1, -0.05) is 19.8 Å². The first-order valence-electron chi connectivity index (χ1n) is 6.02. The summed E-state index contributed by atoms with van der Waals surface area (Å²) in [6.45, 7) is 1.69. The van der Waals surface area contributed by atoms with Crippen LogP contribution >= 0.6 is 0 Å². The van der Waals surface area contributed by atoms with E-state index in [1.807, 2.05) is 0 Å². The lowest BCUT2D eigenvalue weighted by Crippen LogP contribution is -2.52. The molecule has 3 atom stereocenters. The van der Waals surface area contributed by atoms with Crippen LogP contribution in [0.5, 0.6) is 0 Å². The first-order valence-corrected chi connectivity index (χ1v) is 6.02. The van der Waals surface area contributed by atoms with Crippen molar-refractivity contribution in [2.75, 3.05) is 0 Å². The van der Waals surface area contributed by atoms with E-state index in [1.165, 1.54) is 0 Å². The van der Waals surface area contributed by atoms with Gasteiger partial charge in [-0.25, -0.2) is 9.59 Å². The van der Waals surface area contributed by atoms with Gasteiger partial charge in [-0.3, -0.25) is 0 Å². The van der Waals surface area contributed by atoms with Crippen LogP contribution in [0, 0.1) is 0 Å². The Balaban J connectivity index is 2.40. The summed E-state index contributed by atoms with van der Waals surface area (Å²) in [7, 11) is 0. The quantitative estimate of drug-likeness (QED) is 0.577. The van der Waals surface area contributed by atoms with Crippen LogP contribution in [0.25, 0.3) is 0 Å². The van der Waals surface area contributed by atoms with Crippen LogP contribution in [-0.2, 0) is 4.79 Å². The van der Waals surface area contributed by atoms with E-state index in [9.17, 15) is 14.7 Å². The molecule has 0 spiro atoms. The number of carbonyl (C=O) groups excluding carboxylic acids is 1.